The van der Waals surface area contributed by atoms with Crippen molar-refractivity contribution in [3.63, 3.8) is 0 Å². The number of benzene rings is 1. The number of rotatable bonds is 2. The number of halogens is 3. The summed E-state index contributed by atoms with van der Waals surface area (Å²) in [5.74, 6) is 0. The molecule has 1 aromatic rings. The molecule has 1 aliphatic rings. The molecule has 6 heteroatoms. The Bertz CT molecular complexity index is 362. The molecule has 1 N–H and O–H groups in total. The van der Waals surface area contributed by atoms with Crippen molar-refractivity contribution in [2.45, 2.75) is 11.3 Å². The molecule has 0 amide bonds. The molecule has 0 atom stereocenters. The highest BCUT2D eigenvalue weighted by Crippen LogP contribution is 2.34. The Hall–Kier alpha value is -0.520. The van der Waals surface area contributed by atoms with E-state index in [1.54, 1.807) is 23.1 Å². The minimum absolute atomic E-state index is 0.262. The van der Waals surface area contributed by atoms with Crippen molar-refractivity contribution in [1.29, 1.82) is 0 Å². The third-order valence-electron chi connectivity index (χ3n) is 2.06. The first-order valence-corrected chi connectivity index (χ1v) is 5.58. The summed E-state index contributed by atoms with van der Waals surface area (Å²) < 4.78 is 27.6. The van der Waals surface area contributed by atoms with Gasteiger partial charge in [-0.1, -0.05) is 11.6 Å². The van der Waals surface area contributed by atoms with Crippen LogP contribution in [0.5, 0.6) is 0 Å². The van der Waals surface area contributed by atoms with Crippen LogP contribution in [-0.2, 0) is 0 Å². The smallest absolute Gasteiger partial charge is 0.255 e. The molecule has 2 nitrogen and oxygen atoms in total. The number of nitrogens with zero attached hydrogens (tertiary/aromatic N) is 1. The Kier molecular flexibility index (Phi) is 3.33. The first kappa shape index (κ1) is 11.0. The number of hydrogen-bond donors (Lipinski definition) is 1. The van der Waals surface area contributed by atoms with Gasteiger partial charge < -0.3 is 4.90 Å². The molecule has 1 aromatic carbocycles. The van der Waals surface area contributed by atoms with Crippen molar-refractivity contribution in [2.75, 3.05) is 18.1 Å². The number of anilines is 1. The number of fused-ring (bicyclic) bond motifs is 1. The standard InChI is InChI=1S/C9H9ClF2N2S/c10-6-1-2-7-8(3-6)15-13-5-14(7)4-9(11)12/h1-3,9,13H,4-5H2. The van der Waals surface area contributed by atoms with Crippen LogP contribution in [-0.4, -0.2) is 19.6 Å². The van der Waals surface area contributed by atoms with Gasteiger partial charge in [-0.3, -0.25) is 0 Å². The molecule has 0 saturated heterocycles. The fraction of sp³-hybridized carbons (Fsp3) is 0.333. The second kappa shape index (κ2) is 4.55. The molecule has 2 rings (SSSR count). The molecule has 0 spiro atoms. The van der Waals surface area contributed by atoms with Crippen molar-refractivity contribution < 1.29 is 8.78 Å². The molecule has 0 radical (unpaired) electrons. The summed E-state index contributed by atoms with van der Waals surface area (Å²) in [5.41, 5.74) is 0.809. The van der Waals surface area contributed by atoms with E-state index in [0.29, 0.717) is 11.7 Å². The minimum Gasteiger partial charge on any atom is -0.351 e. The molecule has 82 valence electrons. The van der Waals surface area contributed by atoms with Crippen LogP contribution in [0.1, 0.15) is 0 Å². The van der Waals surface area contributed by atoms with E-state index in [-0.39, 0.29) is 6.54 Å². The predicted molar refractivity (Wildman–Crippen MR) is 58.7 cm³/mol. The van der Waals surface area contributed by atoms with E-state index in [2.05, 4.69) is 4.72 Å². The topological polar surface area (TPSA) is 15.3 Å². The van der Waals surface area contributed by atoms with Crippen molar-refractivity contribution in [3.8, 4) is 0 Å². The van der Waals surface area contributed by atoms with Crippen molar-refractivity contribution in [1.82, 2.24) is 4.72 Å². The van der Waals surface area contributed by atoms with Gasteiger partial charge in [0.1, 0.15) is 0 Å². The molecular formula is C9H9ClF2N2S. The molecule has 0 unspecified atom stereocenters. The SMILES string of the molecule is FC(F)CN1CNSc2cc(Cl)ccc21. The van der Waals surface area contributed by atoms with Crippen LogP contribution in [0.2, 0.25) is 5.02 Å². The van der Waals surface area contributed by atoms with Crippen LogP contribution in [0, 0.1) is 0 Å². The molecule has 15 heavy (non-hydrogen) atoms. The average molecular weight is 251 g/mol. The number of nitrogens with one attached hydrogen (secondary N) is 1. The van der Waals surface area contributed by atoms with E-state index in [4.69, 9.17) is 11.6 Å². The summed E-state index contributed by atoms with van der Waals surface area (Å²) in [4.78, 5) is 2.49. The van der Waals surface area contributed by atoms with Gasteiger partial charge in [-0.25, -0.2) is 13.5 Å². The molecule has 1 heterocycles. The predicted octanol–water partition coefficient (Wildman–Crippen LogP) is 2.98. The van der Waals surface area contributed by atoms with Gasteiger partial charge in [0.15, 0.2) is 0 Å². The lowest BCUT2D eigenvalue weighted by Gasteiger charge is -2.30. The Morgan fingerprint density at radius 2 is 2.33 bits per heavy atom. The van der Waals surface area contributed by atoms with Gasteiger partial charge in [0.05, 0.1) is 18.9 Å². The van der Waals surface area contributed by atoms with Gasteiger partial charge in [-0.2, -0.15) is 0 Å². The summed E-state index contributed by atoms with van der Waals surface area (Å²) in [6.07, 6.45) is -2.33. The van der Waals surface area contributed by atoms with Crippen molar-refractivity contribution in [3.05, 3.63) is 23.2 Å². The zero-order chi connectivity index (χ0) is 10.8. The molecule has 0 fully saturated rings. The normalized spacial score (nSPS) is 15.6. The van der Waals surface area contributed by atoms with Crippen LogP contribution in [0.4, 0.5) is 14.5 Å². The zero-order valence-electron chi connectivity index (χ0n) is 7.71. The lowest BCUT2D eigenvalue weighted by Crippen LogP contribution is -2.38. The fourth-order valence-corrected chi connectivity index (χ4v) is 2.53. The summed E-state index contributed by atoms with van der Waals surface area (Å²) in [5, 5.41) is 0.613. The molecular weight excluding hydrogens is 242 g/mol. The summed E-state index contributed by atoms with van der Waals surface area (Å²) in [7, 11) is 0. The maximum atomic E-state index is 12.3. The molecule has 0 bridgehead atoms. The molecule has 0 saturated carbocycles. The Morgan fingerprint density at radius 1 is 1.53 bits per heavy atom. The number of hydrogen-bond acceptors (Lipinski definition) is 3. The lowest BCUT2D eigenvalue weighted by molar-refractivity contribution is 0.154. The second-order valence-electron chi connectivity index (χ2n) is 3.13. The Labute approximate surface area is 95.7 Å². The molecule has 0 aliphatic carbocycles. The van der Waals surface area contributed by atoms with Gasteiger partial charge in [0, 0.05) is 9.92 Å². The van der Waals surface area contributed by atoms with Gasteiger partial charge in [0.25, 0.3) is 6.43 Å². The van der Waals surface area contributed by atoms with Crippen LogP contribution in [0.3, 0.4) is 0 Å². The van der Waals surface area contributed by atoms with E-state index in [1.807, 2.05) is 0 Å². The largest absolute Gasteiger partial charge is 0.351 e. The first-order valence-electron chi connectivity index (χ1n) is 4.39. The van der Waals surface area contributed by atoms with E-state index in [1.165, 1.54) is 11.9 Å². The minimum atomic E-state index is -2.33. The first-order chi connectivity index (χ1) is 7.16. The molecule has 1 aliphatic heterocycles. The monoisotopic (exact) mass is 250 g/mol. The van der Waals surface area contributed by atoms with Crippen LogP contribution in [0.15, 0.2) is 23.1 Å². The number of alkyl halides is 2. The van der Waals surface area contributed by atoms with Crippen LogP contribution < -0.4 is 9.62 Å². The van der Waals surface area contributed by atoms with E-state index >= 15 is 0 Å². The average Bonchev–Trinajstić information content (AvgIpc) is 2.16. The van der Waals surface area contributed by atoms with Crippen molar-refractivity contribution in [2.24, 2.45) is 0 Å². The second-order valence-corrected chi connectivity index (χ2v) is 4.50. The maximum absolute atomic E-state index is 12.3. The Balaban J connectivity index is 2.26. The molecule has 0 aromatic heterocycles. The van der Waals surface area contributed by atoms with Gasteiger partial charge in [-0.05, 0) is 30.1 Å². The quantitative estimate of drug-likeness (QED) is 0.813. The van der Waals surface area contributed by atoms with Crippen LogP contribution in [0.25, 0.3) is 0 Å². The fourth-order valence-electron chi connectivity index (χ4n) is 1.43. The van der Waals surface area contributed by atoms with Gasteiger partial charge in [-0.15, -0.1) is 0 Å². The lowest BCUT2D eigenvalue weighted by atomic mass is 10.3. The highest BCUT2D eigenvalue weighted by molar-refractivity contribution is 7.97. The summed E-state index contributed by atoms with van der Waals surface area (Å²) in [6, 6.07) is 5.25. The third kappa shape index (κ3) is 2.53. The highest BCUT2D eigenvalue weighted by Gasteiger charge is 2.20. The van der Waals surface area contributed by atoms with Crippen molar-refractivity contribution >= 4 is 29.2 Å². The third-order valence-corrected chi connectivity index (χ3v) is 3.11. The summed E-state index contributed by atoms with van der Waals surface area (Å²) in [6.45, 7) is 0.159. The van der Waals surface area contributed by atoms with E-state index < -0.39 is 6.43 Å². The Morgan fingerprint density at radius 3 is 3.07 bits per heavy atom. The van der Waals surface area contributed by atoms with Gasteiger partial charge >= 0.3 is 0 Å². The zero-order valence-corrected chi connectivity index (χ0v) is 9.29. The van der Waals surface area contributed by atoms with Gasteiger partial charge in [0.2, 0.25) is 0 Å². The summed E-state index contributed by atoms with van der Waals surface area (Å²) >= 11 is 7.24. The highest BCUT2D eigenvalue weighted by atomic mass is 35.5. The van der Waals surface area contributed by atoms with E-state index in [9.17, 15) is 8.78 Å². The van der Waals surface area contributed by atoms with Crippen LogP contribution >= 0.6 is 23.5 Å². The van der Waals surface area contributed by atoms with E-state index in [0.717, 1.165) is 10.6 Å². The maximum Gasteiger partial charge on any atom is 0.255 e.